The molecule has 21 heavy (non-hydrogen) atoms. The molecule has 0 saturated carbocycles. The van der Waals surface area contributed by atoms with E-state index in [0.717, 1.165) is 6.42 Å². The Balaban J connectivity index is 1.87. The van der Waals surface area contributed by atoms with E-state index in [2.05, 4.69) is 0 Å². The second kappa shape index (κ2) is 5.82. The Labute approximate surface area is 124 Å². The van der Waals surface area contributed by atoms with Gasteiger partial charge in [0.25, 0.3) is 0 Å². The average molecular weight is 313 g/mol. The van der Waals surface area contributed by atoms with Gasteiger partial charge in [0.1, 0.15) is 13.2 Å². The van der Waals surface area contributed by atoms with Gasteiger partial charge < -0.3 is 14.2 Å². The lowest BCUT2D eigenvalue weighted by Gasteiger charge is -2.31. The molecule has 2 heterocycles. The van der Waals surface area contributed by atoms with Gasteiger partial charge >= 0.3 is 0 Å². The van der Waals surface area contributed by atoms with E-state index in [4.69, 9.17) is 14.2 Å². The van der Waals surface area contributed by atoms with E-state index in [0.29, 0.717) is 44.4 Å². The van der Waals surface area contributed by atoms with Crippen molar-refractivity contribution in [2.24, 2.45) is 0 Å². The third kappa shape index (κ3) is 2.86. The van der Waals surface area contributed by atoms with Crippen LogP contribution in [-0.2, 0) is 14.8 Å². The molecule has 0 aromatic heterocycles. The van der Waals surface area contributed by atoms with Crippen molar-refractivity contribution in [3.8, 4) is 11.5 Å². The van der Waals surface area contributed by atoms with Crippen molar-refractivity contribution in [1.29, 1.82) is 0 Å². The summed E-state index contributed by atoms with van der Waals surface area (Å²) in [4.78, 5) is 0.239. The number of hydrogen-bond acceptors (Lipinski definition) is 5. The zero-order chi connectivity index (χ0) is 14.9. The van der Waals surface area contributed by atoms with Gasteiger partial charge in [-0.2, -0.15) is 4.31 Å². The maximum atomic E-state index is 12.7. The largest absolute Gasteiger partial charge is 0.486 e. The first-order valence-corrected chi connectivity index (χ1v) is 8.56. The molecule has 116 valence electrons. The fraction of sp³-hybridized carbons (Fsp3) is 0.571. The van der Waals surface area contributed by atoms with Crippen LogP contribution in [0.4, 0.5) is 0 Å². The summed E-state index contributed by atoms with van der Waals surface area (Å²) in [6.07, 6.45) is 0.762. The SMILES string of the molecule is CCC1CN(S(=O)(=O)c2ccc3c(c2)OCCO3)CCO1. The fourth-order valence-corrected chi connectivity index (χ4v) is 3.96. The van der Waals surface area contributed by atoms with E-state index in [1.807, 2.05) is 6.92 Å². The van der Waals surface area contributed by atoms with Crippen molar-refractivity contribution in [1.82, 2.24) is 4.31 Å². The second-order valence-corrected chi connectivity index (χ2v) is 7.01. The number of sulfonamides is 1. The highest BCUT2D eigenvalue weighted by Gasteiger charge is 2.31. The van der Waals surface area contributed by atoms with Crippen molar-refractivity contribution >= 4 is 10.0 Å². The van der Waals surface area contributed by atoms with Crippen LogP contribution < -0.4 is 9.47 Å². The highest BCUT2D eigenvalue weighted by molar-refractivity contribution is 7.89. The molecule has 7 heteroatoms. The van der Waals surface area contributed by atoms with Gasteiger partial charge in [-0.3, -0.25) is 0 Å². The van der Waals surface area contributed by atoms with Crippen LogP contribution in [0.3, 0.4) is 0 Å². The quantitative estimate of drug-likeness (QED) is 0.840. The van der Waals surface area contributed by atoms with Gasteiger partial charge in [0.2, 0.25) is 10.0 Å². The summed E-state index contributed by atoms with van der Waals surface area (Å²) in [6.45, 7) is 4.13. The van der Waals surface area contributed by atoms with Gasteiger partial charge in [0.15, 0.2) is 11.5 Å². The minimum Gasteiger partial charge on any atom is -0.486 e. The van der Waals surface area contributed by atoms with E-state index in [1.54, 1.807) is 18.2 Å². The third-order valence-corrected chi connectivity index (χ3v) is 5.57. The standard InChI is InChI=1S/C14H19NO5S/c1-2-11-10-15(5-6-18-11)21(16,17)12-3-4-13-14(9-12)20-8-7-19-13/h3-4,9,11H,2,5-8,10H2,1H3. The lowest BCUT2D eigenvalue weighted by molar-refractivity contribution is -0.00278. The Kier molecular flexibility index (Phi) is 4.05. The van der Waals surface area contributed by atoms with Crippen molar-refractivity contribution in [2.45, 2.75) is 24.3 Å². The molecule has 1 saturated heterocycles. The third-order valence-electron chi connectivity index (χ3n) is 3.71. The van der Waals surface area contributed by atoms with E-state index in [9.17, 15) is 8.42 Å². The first kappa shape index (κ1) is 14.6. The maximum absolute atomic E-state index is 12.7. The van der Waals surface area contributed by atoms with Crippen LogP contribution in [0.25, 0.3) is 0 Å². The summed E-state index contributed by atoms with van der Waals surface area (Å²) in [6, 6.07) is 4.76. The molecular weight excluding hydrogens is 294 g/mol. The van der Waals surface area contributed by atoms with Crippen LogP contribution in [0.15, 0.2) is 23.1 Å². The topological polar surface area (TPSA) is 65.1 Å². The second-order valence-electron chi connectivity index (χ2n) is 5.07. The van der Waals surface area contributed by atoms with Crippen LogP contribution in [0.2, 0.25) is 0 Å². The number of morpholine rings is 1. The molecule has 1 atom stereocenters. The molecule has 0 N–H and O–H groups in total. The molecule has 1 aromatic rings. The number of ether oxygens (including phenoxy) is 3. The van der Waals surface area contributed by atoms with Crippen LogP contribution in [0.1, 0.15) is 13.3 Å². The molecule has 6 nitrogen and oxygen atoms in total. The minimum atomic E-state index is -3.52. The van der Waals surface area contributed by atoms with Gasteiger partial charge in [-0.1, -0.05) is 6.92 Å². The Morgan fingerprint density at radius 1 is 1.19 bits per heavy atom. The van der Waals surface area contributed by atoms with E-state index in [1.165, 1.54) is 4.31 Å². The van der Waals surface area contributed by atoms with Crippen molar-refractivity contribution in [3.63, 3.8) is 0 Å². The summed E-state index contributed by atoms with van der Waals surface area (Å²) in [5.41, 5.74) is 0. The summed E-state index contributed by atoms with van der Waals surface area (Å²) >= 11 is 0. The number of fused-ring (bicyclic) bond motifs is 1. The molecular formula is C14H19NO5S. The molecule has 3 rings (SSSR count). The Hall–Kier alpha value is -1.31. The predicted octanol–water partition coefficient (Wildman–Crippen LogP) is 1.26. The Morgan fingerprint density at radius 3 is 2.71 bits per heavy atom. The molecule has 0 bridgehead atoms. The van der Waals surface area contributed by atoms with Crippen molar-refractivity contribution < 1.29 is 22.6 Å². The van der Waals surface area contributed by atoms with Crippen LogP contribution in [0, 0.1) is 0 Å². The van der Waals surface area contributed by atoms with Crippen LogP contribution in [0.5, 0.6) is 11.5 Å². The van der Waals surface area contributed by atoms with Crippen molar-refractivity contribution in [2.75, 3.05) is 32.9 Å². The molecule has 2 aliphatic rings. The zero-order valence-corrected chi connectivity index (χ0v) is 12.8. The molecule has 1 unspecified atom stereocenters. The summed E-state index contributed by atoms with van der Waals surface area (Å²) < 4.78 is 43.3. The first-order valence-electron chi connectivity index (χ1n) is 7.12. The zero-order valence-electron chi connectivity index (χ0n) is 11.9. The number of hydrogen-bond donors (Lipinski definition) is 0. The first-order chi connectivity index (χ1) is 10.1. The van der Waals surface area contributed by atoms with Gasteiger partial charge in [-0.15, -0.1) is 0 Å². The monoisotopic (exact) mass is 313 g/mol. The average Bonchev–Trinajstić information content (AvgIpc) is 2.54. The number of benzene rings is 1. The number of rotatable bonds is 3. The lowest BCUT2D eigenvalue weighted by Crippen LogP contribution is -2.45. The number of nitrogens with zero attached hydrogens (tertiary/aromatic N) is 1. The molecule has 0 radical (unpaired) electrons. The summed E-state index contributed by atoms with van der Waals surface area (Å²) in [5, 5.41) is 0. The van der Waals surface area contributed by atoms with E-state index >= 15 is 0 Å². The van der Waals surface area contributed by atoms with Crippen LogP contribution >= 0.6 is 0 Å². The fourth-order valence-electron chi connectivity index (χ4n) is 2.49. The van der Waals surface area contributed by atoms with Crippen LogP contribution in [-0.4, -0.2) is 51.7 Å². The minimum absolute atomic E-state index is 0.0364. The van der Waals surface area contributed by atoms with Gasteiger partial charge in [0.05, 0.1) is 17.6 Å². The Morgan fingerprint density at radius 2 is 1.95 bits per heavy atom. The highest BCUT2D eigenvalue weighted by Crippen LogP contribution is 2.33. The lowest BCUT2D eigenvalue weighted by atomic mass is 10.2. The molecule has 0 amide bonds. The molecule has 1 fully saturated rings. The highest BCUT2D eigenvalue weighted by atomic mass is 32.2. The van der Waals surface area contributed by atoms with Gasteiger partial charge in [-0.05, 0) is 18.6 Å². The molecule has 0 spiro atoms. The van der Waals surface area contributed by atoms with E-state index < -0.39 is 10.0 Å². The van der Waals surface area contributed by atoms with Gasteiger partial charge in [0, 0.05) is 19.2 Å². The molecule has 2 aliphatic heterocycles. The predicted molar refractivity (Wildman–Crippen MR) is 76.2 cm³/mol. The normalized spacial score (nSPS) is 23.0. The maximum Gasteiger partial charge on any atom is 0.243 e. The molecule has 0 aliphatic carbocycles. The summed E-state index contributed by atoms with van der Waals surface area (Å²) in [5.74, 6) is 1.08. The van der Waals surface area contributed by atoms with Crippen molar-refractivity contribution in [3.05, 3.63) is 18.2 Å². The Bertz CT molecular complexity index is 616. The van der Waals surface area contributed by atoms with Gasteiger partial charge in [-0.25, -0.2) is 8.42 Å². The smallest absolute Gasteiger partial charge is 0.243 e. The summed E-state index contributed by atoms with van der Waals surface area (Å²) in [7, 11) is -3.52. The van der Waals surface area contributed by atoms with E-state index in [-0.39, 0.29) is 11.0 Å². The molecule has 1 aromatic carbocycles.